The minimum Gasteiger partial charge on any atom is -0.486 e. The summed E-state index contributed by atoms with van der Waals surface area (Å²) in [5.41, 5.74) is 0.787. The van der Waals surface area contributed by atoms with Crippen molar-refractivity contribution in [2.75, 3.05) is 0 Å². The van der Waals surface area contributed by atoms with Gasteiger partial charge in [-0.25, -0.2) is 0 Å². The van der Waals surface area contributed by atoms with Gasteiger partial charge in [0.2, 0.25) is 0 Å². The van der Waals surface area contributed by atoms with Crippen molar-refractivity contribution in [1.82, 2.24) is 9.78 Å². The standard InChI is InChI=1S/C11H10Cl2N2O/c1-15-6-8(5-14-15)16-7-9-10(12)3-2-4-11(9)13/h2-6H,7H2,1H3. The average Bonchev–Trinajstić information content (AvgIpc) is 2.63. The third-order valence-electron chi connectivity index (χ3n) is 2.13. The number of halogens is 2. The monoisotopic (exact) mass is 256 g/mol. The van der Waals surface area contributed by atoms with Crippen molar-refractivity contribution in [2.45, 2.75) is 6.61 Å². The highest BCUT2D eigenvalue weighted by Crippen LogP contribution is 2.25. The van der Waals surface area contributed by atoms with Gasteiger partial charge in [0, 0.05) is 22.7 Å². The van der Waals surface area contributed by atoms with Crippen LogP contribution in [0, 0.1) is 0 Å². The molecular formula is C11H10Cl2N2O. The van der Waals surface area contributed by atoms with E-state index < -0.39 is 0 Å². The zero-order valence-corrected chi connectivity index (χ0v) is 10.2. The molecule has 0 saturated carbocycles. The van der Waals surface area contributed by atoms with Crippen molar-refractivity contribution in [2.24, 2.45) is 7.05 Å². The Morgan fingerprint density at radius 1 is 1.31 bits per heavy atom. The molecule has 16 heavy (non-hydrogen) atoms. The quantitative estimate of drug-likeness (QED) is 0.843. The highest BCUT2D eigenvalue weighted by molar-refractivity contribution is 6.35. The molecule has 1 heterocycles. The maximum absolute atomic E-state index is 6.02. The molecule has 0 radical (unpaired) electrons. The minimum absolute atomic E-state index is 0.337. The summed E-state index contributed by atoms with van der Waals surface area (Å²) in [5.74, 6) is 0.693. The van der Waals surface area contributed by atoms with Gasteiger partial charge in [-0.1, -0.05) is 29.3 Å². The van der Waals surface area contributed by atoms with E-state index in [1.165, 1.54) is 0 Å². The second-order valence-electron chi connectivity index (χ2n) is 3.34. The fraction of sp³-hybridized carbons (Fsp3) is 0.182. The third-order valence-corrected chi connectivity index (χ3v) is 2.83. The Morgan fingerprint density at radius 3 is 2.56 bits per heavy atom. The Hall–Kier alpha value is -1.19. The lowest BCUT2D eigenvalue weighted by Gasteiger charge is -2.07. The second-order valence-corrected chi connectivity index (χ2v) is 4.15. The van der Waals surface area contributed by atoms with Crippen LogP contribution >= 0.6 is 23.2 Å². The van der Waals surface area contributed by atoms with Crippen molar-refractivity contribution in [3.05, 3.63) is 46.2 Å². The minimum atomic E-state index is 0.337. The van der Waals surface area contributed by atoms with Crippen LogP contribution in [0.5, 0.6) is 5.75 Å². The SMILES string of the molecule is Cn1cc(OCc2c(Cl)cccc2Cl)cn1. The lowest BCUT2D eigenvalue weighted by molar-refractivity contribution is 0.306. The number of ether oxygens (including phenoxy) is 1. The molecule has 1 aromatic carbocycles. The Balaban J connectivity index is 2.10. The number of nitrogens with zero attached hydrogens (tertiary/aromatic N) is 2. The van der Waals surface area contributed by atoms with Gasteiger partial charge in [-0.3, -0.25) is 4.68 Å². The van der Waals surface area contributed by atoms with E-state index in [-0.39, 0.29) is 0 Å². The molecule has 0 unspecified atom stereocenters. The summed E-state index contributed by atoms with van der Waals surface area (Å²) in [4.78, 5) is 0. The maximum atomic E-state index is 6.02. The first-order valence-electron chi connectivity index (χ1n) is 4.71. The number of hydrogen-bond acceptors (Lipinski definition) is 2. The van der Waals surface area contributed by atoms with Gasteiger partial charge in [-0.05, 0) is 12.1 Å². The number of rotatable bonds is 3. The molecule has 2 rings (SSSR count). The van der Waals surface area contributed by atoms with E-state index in [0.717, 1.165) is 5.56 Å². The van der Waals surface area contributed by atoms with Gasteiger partial charge >= 0.3 is 0 Å². The van der Waals surface area contributed by atoms with Gasteiger partial charge < -0.3 is 4.74 Å². The smallest absolute Gasteiger partial charge is 0.157 e. The van der Waals surface area contributed by atoms with Crippen LogP contribution in [-0.4, -0.2) is 9.78 Å². The van der Waals surface area contributed by atoms with Crippen LogP contribution in [0.3, 0.4) is 0 Å². The molecule has 0 N–H and O–H groups in total. The van der Waals surface area contributed by atoms with Gasteiger partial charge in [0.1, 0.15) is 6.61 Å². The van der Waals surface area contributed by atoms with Gasteiger partial charge in [0.25, 0.3) is 0 Å². The molecule has 0 atom stereocenters. The zero-order chi connectivity index (χ0) is 11.5. The number of aromatic nitrogens is 2. The third kappa shape index (κ3) is 2.49. The van der Waals surface area contributed by atoms with Gasteiger partial charge in [-0.15, -0.1) is 0 Å². The summed E-state index contributed by atoms with van der Waals surface area (Å²) in [6.07, 6.45) is 3.43. The fourth-order valence-corrected chi connectivity index (χ4v) is 1.81. The Bertz CT molecular complexity index is 476. The summed E-state index contributed by atoms with van der Waals surface area (Å²) in [6.45, 7) is 0.337. The Kier molecular flexibility index (Phi) is 3.36. The van der Waals surface area contributed by atoms with Crippen LogP contribution in [0.2, 0.25) is 10.0 Å². The van der Waals surface area contributed by atoms with E-state index in [1.807, 2.05) is 7.05 Å². The lowest BCUT2D eigenvalue weighted by atomic mass is 10.2. The van der Waals surface area contributed by atoms with Gasteiger partial charge in [0.05, 0.1) is 12.4 Å². The van der Waals surface area contributed by atoms with Crippen molar-refractivity contribution in [3.8, 4) is 5.75 Å². The molecule has 0 saturated heterocycles. The molecular weight excluding hydrogens is 247 g/mol. The Labute approximate surface area is 104 Å². The van der Waals surface area contributed by atoms with E-state index in [2.05, 4.69) is 5.10 Å². The molecule has 0 bridgehead atoms. The topological polar surface area (TPSA) is 27.1 Å². The predicted molar refractivity (Wildman–Crippen MR) is 64.0 cm³/mol. The average molecular weight is 257 g/mol. The lowest BCUT2D eigenvalue weighted by Crippen LogP contribution is -1.96. The van der Waals surface area contributed by atoms with Gasteiger partial charge in [0.15, 0.2) is 5.75 Å². The van der Waals surface area contributed by atoms with E-state index in [4.69, 9.17) is 27.9 Å². The van der Waals surface area contributed by atoms with E-state index >= 15 is 0 Å². The molecule has 5 heteroatoms. The molecule has 0 aliphatic heterocycles. The van der Waals surface area contributed by atoms with Crippen molar-refractivity contribution in [3.63, 3.8) is 0 Å². The second kappa shape index (κ2) is 4.76. The maximum Gasteiger partial charge on any atom is 0.157 e. The molecule has 0 aliphatic rings. The van der Waals surface area contributed by atoms with Crippen LogP contribution in [0.1, 0.15) is 5.56 Å². The molecule has 2 aromatic rings. The number of aryl methyl sites for hydroxylation is 1. The van der Waals surface area contributed by atoms with E-state index in [9.17, 15) is 0 Å². The molecule has 0 spiro atoms. The Morgan fingerprint density at radius 2 is 2.00 bits per heavy atom. The first-order chi connectivity index (χ1) is 7.66. The first kappa shape index (κ1) is 11.3. The van der Waals surface area contributed by atoms with Gasteiger partial charge in [-0.2, -0.15) is 5.10 Å². The summed E-state index contributed by atoms with van der Waals surface area (Å²) < 4.78 is 7.19. The summed E-state index contributed by atoms with van der Waals surface area (Å²) in [6, 6.07) is 5.38. The van der Waals surface area contributed by atoms with Crippen molar-refractivity contribution in [1.29, 1.82) is 0 Å². The molecule has 1 aromatic heterocycles. The molecule has 0 fully saturated rings. The van der Waals surface area contributed by atoms with Crippen molar-refractivity contribution >= 4 is 23.2 Å². The predicted octanol–water partition coefficient (Wildman–Crippen LogP) is 3.31. The zero-order valence-electron chi connectivity index (χ0n) is 8.65. The van der Waals surface area contributed by atoms with Crippen LogP contribution < -0.4 is 4.74 Å². The van der Waals surface area contributed by atoms with Crippen molar-refractivity contribution < 1.29 is 4.74 Å². The summed E-state index contributed by atoms with van der Waals surface area (Å²) in [7, 11) is 1.83. The van der Waals surface area contributed by atoms with Crippen LogP contribution in [-0.2, 0) is 13.7 Å². The molecule has 84 valence electrons. The van der Waals surface area contributed by atoms with Crippen LogP contribution in [0.15, 0.2) is 30.6 Å². The normalized spacial score (nSPS) is 10.4. The first-order valence-corrected chi connectivity index (χ1v) is 5.47. The largest absolute Gasteiger partial charge is 0.486 e. The highest BCUT2D eigenvalue weighted by Gasteiger charge is 2.06. The summed E-state index contributed by atoms with van der Waals surface area (Å²) in [5, 5.41) is 5.21. The van der Waals surface area contributed by atoms with E-state index in [1.54, 1.807) is 35.3 Å². The molecule has 0 aliphatic carbocycles. The highest BCUT2D eigenvalue weighted by atomic mass is 35.5. The number of hydrogen-bond donors (Lipinski definition) is 0. The summed E-state index contributed by atoms with van der Waals surface area (Å²) >= 11 is 12.0. The molecule has 0 amide bonds. The van der Waals surface area contributed by atoms with Crippen LogP contribution in [0.25, 0.3) is 0 Å². The van der Waals surface area contributed by atoms with E-state index in [0.29, 0.717) is 22.4 Å². The number of benzene rings is 1. The fourth-order valence-electron chi connectivity index (χ4n) is 1.30. The molecule has 3 nitrogen and oxygen atoms in total. The van der Waals surface area contributed by atoms with Crippen LogP contribution in [0.4, 0.5) is 0 Å².